The van der Waals surface area contributed by atoms with Crippen LogP contribution in [0.5, 0.6) is 0 Å². The van der Waals surface area contributed by atoms with Crippen molar-refractivity contribution in [3.63, 3.8) is 0 Å². The molecule has 10 heteroatoms. The van der Waals surface area contributed by atoms with Gasteiger partial charge in [0, 0.05) is 18.7 Å². The fourth-order valence-corrected chi connectivity index (χ4v) is 1.49. The molecule has 0 aromatic carbocycles. The Morgan fingerprint density at radius 2 is 1.95 bits per heavy atom. The SMILES string of the molecule is O=C(O)CC[C@H](NC(=O)Cn1ccc(=O)[nH]c1=O)C(=O)O. The Bertz CT molecular complexity index is 660. The second kappa shape index (κ2) is 7.03. The lowest BCUT2D eigenvalue weighted by atomic mass is 10.1. The third kappa shape index (κ3) is 5.30. The first-order chi connectivity index (χ1) is 9.79. The van der Waals surface area contributed by atoms with Crippen LogP contribution < -0.4 is 16.6 Å². The van der Waals surface area contributed by atoms with E-state index < -0.39 is 48.1 Å². The molecule has 0 aliphatic rings. The van der Waals surface area contributed by atoms with Crippen molar-refractivity contribution < 1.29 is 24.6 Å². The number of rotatable bonds is 7. The maximum Gasteiger partial charge on any atom is 0.328 e. The smallest absolute Gasteiger partial charge is 0.328 e. The number of aromatic nitrogens is 2. The average Bonchev–Trinajstić information content (AvgIpc) is 2.37. The van der Waals surface area contributed by atoms with Crippen molar-refractivity contribution in [1.82, 2.24) is 14.9 Å². The molecule has 1 atom stereocenters. The number of aromatic amines is 1. The molecule has 0 aliphatic heterocycles. The molecule has 1 aromatic heterocycles. The molecule has 1 aromatic rings. The van der Waals surface area contributed by atoms with Crippen molar-refractivity contribution >= 4 is 17.8 Å². The van der Waals surface area contributed by atoms with E-state index in [1.54, 1.807) is 0 Å². The number of nitrogens with zero attached hydrogens (tertiary/aromatic N) is 1. The molecule has 0 saturated heterocycles. The highest BCUT2D eigenvalue weighted by molar-refractivity contribution is 5.83. The molecule has 1 amide bonds. The van der Waals surface area contributed by atoms with Crippen LogP contribution >= 0.6 is 0 Å². The number of aliphatic carboxylic acids is 2. The van der Waals surface area contributed by atoms with Gasteiger partial charge in [-0.2, -0.15) is 0 Å². The largest absolute Gasteiger partial charge is 0.481 e. The zero-order valence-corrected chi connectivity index (χ0v) is 10.7. The van der Waals surface area contributed by atoms with E-state index in [0.717, 1.165) is 16.8 Å². The van der Waals surface area contributed by atoms with E-state index in [-0.39, 0.29) is 6.42 Å². The molecule has 0 radical (unpaired) electrons. The number of amides is 1. The van der Waals surface area contributed by atoms with E-state index in [0.29, 0.717) is 0 Å². The Balaban J connectivity index is 2.69. The number of carbonyl (C=O) groups is 3. The lowest BCUT2D eigenvalue weighted by molar-refractivity contribution is -0.143. The molecule has 0 bridgehead atoms. The van der Waals surface area contributed by atoms with Gasteiger partial charge in [-0.25, -0.2) is 9.59 Å². The number of nitrogens with one attached hydrogen (secondary N) is 2. The molecule has 0 unspecified atom stereocenters. The van der Waals surface area contributed by atoms with Gasteiger partial charge in [0.15, 0.2) is 0 Å². The standard InChI is InChI=1S/C11H13N3O7/c15-7-3-4-14(11(21)13-7)5-8(16)12-6(10(19)20)1-2-9(17)18/h3-4,6H,1-2,5H2,(H,12,16)(H,17,18)(H,19,20)(H,13,15,21)/t6-/m0/s1. The van der Waals surface area contributed by atoms with Crippen molar-refractivity contribution in [2.45, 2.75) is 25.4 Å². The summed E-state index contributed by atoms with van der Waals surface area (Å²) in [5.74, 6) is -3.35. The number of hydrogen-bond donors (Lipinski definition) is 4. The van der Waals surface area contributed by atoms with Gasteiger partial charge in [-0.3, -0.25) is 23.9 Å². The maximum atomic E-state index is 11.6. The number of carboxylic acids is 2. The van der Waals surface area contributed by atoms with Gasteiger partial charge in [0.05, 0.1) is 0 Å². The first kappa shape index (κ1) is 16.1. The summed E-state index contributed by atoms with van der Waals surface area (Å²) in [6.07, 6.45) is 0.389. The molecule has 21 heavy (non-hydrogen) atoms. The first-order valence-electron chi connectivity index (χ1n) is 5.83. The van der Waals surface area contributed by atoms with Gasteiger partial charge in [-0.05, 0) is 6.42 Å². The maximum absolute atomic E-state index is 11.6. The highest BCUT2D eigenvalue weighted by Gasteiger charge is 2.21. The number of carboxylic acid groups (broad SMARTS) is 2. The molecule has 4 N–H and O–H groups in total. The Morgan fingerprint density at radius 3 is 2.48 bits per heavy atom. The van der Waals surface area contributed by atoms with Crippen molar-refractivity contribution in [2.24, 2.45) is 0 Å². The normalized spacial score (nSPS) is 11.6. The van der Waals surface area contributed by atoms with Crippen molar-refractivity contribution in [3.05, 3.63) is 33.1 Å². The molecular formula is C11H13N3O7. The Hall–Kier alpha value is -2.91. The molecular weight excluding hydrogens is 286 g/mol. The van der Waals surface area contributed by atoms with Gasteiger partial charge in [-0.15, -0.1) is 0 Å². The average molecular weight is 299 g/mol. The first-order valence-corrected chi connectivity index (χ1v) is 5.83. The molecule has 10 nitrogen and oxygen atoms in total. The summed E-state index contributed by atoms with van der Waals surface area (Å²) in [5.41, 5.74) is -1.43. The highest BCUT2D eigenvalue weighted by atomic mass is 16.4. The Kier molecular flexibility index (Phi) is 5.40. The second-order valence-corrected chi connectivity index (χ2v) is 4.13. The third-order valence-corrected chi connectivity index (χ3v) is 2.49. The molecule has 1 heterocycles. The van der Waals surface area contributed by atoms with Crippen molar-refractivity contribution in [2.75, 3.05) is 0 Å². The third-order valence-electron chi connectivity index (χ3n) is 2.49. The van der Waals surface area contributed by atoms with Gasteiger partial charge in [0.2, 0.25) is 5.91 Å². The van der Waals surface area contributed by atoms with Crippen LogP contribution in [0.2, 0.25) is 0 Å². The van der Waals surface area contributed by atoms with Gasteiger partial charge in [-0.1, -0.05) is 0 Å². The van der Waals surface area contributed by atoms with Crippen molar-refractivity contribution in [1.29, 1.82) is 0 Å². The minimum Gasteiger partial charge on any atom is -0.481 e. The van der Waals surface area contributed by atoms with E-state index in [4.69, 9.17) is 10.2 Å². The van der Waals surface area contributed by atoms with Crippen LogP contribution in [0.1, 0.15) is 12.8 Å². The van der Waals surface area contributed by atoms with Crippen LogP contribution in [0.15, 0.2) is 21.9 Å². The summed E-state index contributed by atoms with van der Waals surface area (Å²) in [5, 5.41) is 19.5. The van der Waals surface area contributed by atoms with E-state index in [2.05, 4.69) is 5.32 Å². The molecule has 0 aliphatic carbocycles. The minimum atomic E-state index is -1.38. The summed E-state index contributed by atoms with van der Waals surface area (Å²) >= 11 is 0. The van der Waals surface area contributed by atoms with Crippen LogP contribution in [-0.4, -0.2) is 43.7 Å². The summed E-state index contributed by atoms with van der Waals surface area (Å²) < 4.78 is 0.882. The van der Waals surface area contributed by atoms with Gasteiger partial charge < -0.3 is 15.5 Å². The predicted octanol–water partition coefficient (Wildman–Crippen LogP) is -2.03. The summed E-state index contributed by atoms with van der Waals surface area (Å²) in [7, 11) is 0. The number of hydrogen-bond acceptors (Lipinski definition) is 5. The van der Waals surface area contributed by atoms with Gasteiger partial charge >= 0.3 is 17.6 Å². The predicted molar refractivity (Wildman–Crippen MR) is 67.8 cm³/mol. The molecule has 114 valence electrons. The van der Waals surface area contributed by atoms with Crippen LogP contribution in [0.3, 0.4) is 0 Å². The fourth-order valence-electron chi connectivity index (χ4n) is 1.49. The molecule has 0 fully saturated rings. The van der Waals surface area contributed by atoms with Gasteiger partial charge in [0.25, 0.3) is 5.56 Å². The summed E-state index contributed by atoms with van der Waals surface area (Å²) in [4.78, 5) is 57.0. The molecule has 1 rings (SSSR count). The zero-order chi connectivity index (χ0) is 16.0. The molecule has 0 saturated carbocycles. The lowest BCUT2D eigenvalue weighted by Gasteiger charge is -2.13. The lowest BCUT2D eigenvalue weighted by Crippen LogP contribution is -2.44. The second-order valence-electron chi connectivity index (χ2n) is 4.13. The van der Waals surface area contributed by atoms with Crippen LogP contribution in [0, 0.1) is 0 Å². The highest BCUT2D eigenvalue weighted by Crippen LogP contribution is 1.98. The number of carbonyl (C=O) groups excluding carboxylic acids is 1. The Labute approximate surface area is 117 Å². The van der Waals surface area contributed by atoms with E-state index >= 15 is 0 Å². The summed E-state index contributed by atoms with van der Waals surface area (Å²) in [6.45, 7) is -0.494. The van der Waals surface area contributed by atoms with Crippen molar-refractivity contribution in [3.8, 4) is 0 Å². The van der Waals surface area contributed by atoms with Crippen LogP contribution in [0.4, 0.5) is 0 Å². The quantitative estimate of drug-likeness (QED) is 0.452. The minimum absolute atomic E-state index is 0.281. The van der Waals surface area contributed by atoms with Crippen LogP contribution in [-0.2, 0) is 20.9 Å². The zero-order valence-electron chi connectivity index (χ0n) is 10.7. The number of H-pyrrole nitrogens is 1. The van der Waals surface area contributed by atoms with Crippen LogP contribution in [0.25, 0.3) is 0 Å². The topological polar surface area (TPSA) is 159 Å². The summed E-state index contributed by atoms with van der Waals surface area (Å²) in [6, 6.07) is -0.333. The van der Waals surface area contributed by atoms with Gasteiger partial charge in [0.1, 0.15) is 12.6 Å². The fraction of sp³-hybridized carbons (Fsp3) is 0.364. The molecule has 0 spiro atoms. The van der Waals surface area contributed by atoms with E-state index in [9.17, 15) is 24.0 Å². The Morgan fingerprint density at radius 1 is 1.29 bits per heavy atom. The monoisotopic (exact) mass is 299 g/mol. The van der Waals surface area contributed by atoms with E-state index in [1.165, 1.54) is 0 Å². The van der Waals surface area contributed by atoms with E-state index in [1.807, 2.05) is 4.98 Å².